The summed E-state index contributed by atoms with van der Waals surface area (Å²) in [5.41, 5.74) is 0. The van der Waals surface area contributed by atoms with Gasteiger partial charge in [0.25, 0.3) is 0 Å². The van der Waals surface area contributed by atoms with Crippen LogP contribution >= 0.6 is 0 Å². The van der Waals surface area contributed by atoms with Crippen LogP contribution in [0.1, 0.15) is 20.8 Å². The van der Waals surface area contributed by atoms with E-state index in [9.17, 15) is 8.42 Å². The SMILES string of the molecule is CCN1C=CN(CC)C1.CCOS(=O)(=O)O. The highest BCUT2D eigenvalue weighted by Gasteiger charge is 2.06. The Balaban J connectivity index is 0.000000293. The zero-order valence-corrected chi connectivity index (χ0v) is 10.8. The molecule has 0 bridgehead atoms. The summed E-state index contributed by atoms with van der Waals surface area (Å²) >= 11 is 0. The third-order valence-electron chi connectivity index (χ3n) is 1.93. The van der Waals surface area contributed by atoms with Gasteiger partial charge in [0.1, 0.15) is 0 Å². The minimum absolute atomic E-state index is 0.0289. The standard InChI is InChI=1S/C7H14N2.C2H6O4S/c1-3-8-5-6-9(4-2)7-8;1-2-6-7(3,4)5/h5-6H,3-4,7H2,1-2H3;2H2,1H3,(H,3,4,5). The average Bonchev–Trinajstić information content (AvgIpc) is 2.64. The van der Waals surface area contributed by atoms with Crippen molar-refractivity contribution < 1.29 is 17.2 Å². The van der Waals surface area contributed by atoms with E-state index >= 15 is 0 Å². The van der Waals surface area contributed by atoms with Crippen molar-refractivity contribution in [1.29, 1.82) is 0 Å². The second-order valence-electron chi connectivity index (χ2n) is 3.08. The van der Waals surface area contributed by atoms with Gasteiger partial charge in [-0.25, -0.2) is 4.18 Å². The van der Waals surface area contributed by atoms with E-state index < -0.39 is 10.4 Å². The molecule has 0 aromatic heterocycles. The molecule has 1 aliphatic heterocycles. The van der Waals surface area contributed by atoms with E-state index in [-0.39, 0.29) is 6.61 Å². The molecule has 0 radical (unpaired) electrons. The van der Waals surface area contributed by atoms with Gasteiger partial charge in [-0.3, -0.25) is 4.55 Å². The molecule has 7 heteroatoms. The maximum absolute atomic E-state index is 9.56. The Morgan fingerprint density at radius 2 is 1.62 bits per heavy atom. The zero-order chi connectivity index (χ0) is 12.6. The summed E-state index contributed by atoms with van der Waals surface area (Å²) in [7, 11) is -4.17. The van der Waals surface area contributed by atoms with Crippen molar-refractivity contribution in [3.05, 3.63) is 12.4 Å². The van der Waals surface area contributed by atoms with Crippen LogP contribution in [-0.2, 0) is 14.6 Å². The molecule has 1 rings (SSSR count). The number of rotatable bonds is 4. The van der Waals surface area contributed by atoms with E-state index in [1.165, 1.54) is 6.92 Å². The smallest absolute Gasteiger partial charge is 0.359 e. The van der Waals surface area contributed by atoms with Crippen LogP contribution in [0.25, 0.3) is 0 Å². The van der Waals surface area contributed by atoms with E-state index in [2.05, 4.69) is 40.2 Å². The van der Waals surface area contributed by atoms with Gasteiger partial charge in [-0.2, -0.15) is 8.42 Å². The Hall–Kier alpha value is -0.790. The van der Waals surface area contributed by atoms with Gasteiger partial charge in [0, 0.05) is 25.5 Å². The van der Waals surface area contributed by atoms with Gasteiger partial charge in [0.05, 0.1) is 13.3 Å². The maximum Gasteiger partial charge on any atom is 0.397 e. The Bertz CT molecular complexity index is 291. The molecular weight excluding hydrogens is 232 g/mol. The number of nitrogens with zero attached hydrogens (tertiary/aromatic N) is 2. The van der Waals surface area contributed by atoms with Gasteiger partial charge >= 0.3 is 10.4 Å². The minimum Gasteiger partial charge on any atom is -0.359 e. The van der Waals surface area contributed by atoms with Crippen molar-refractivity contribution in [2.45, 2.75) is 20.8 Å². The molecule has 0 saturated heterocycles. The molecular formula is C9H20N2O4S. The van der Waals surface area contributed by atoms with Gasteiger partial charge in [0.2, 0.25) is 0 Å². The molecule has 0 aliphatic carbocycles. The highest BCUT2D eigenvalue weighted by molar-refractivity contribution is 7.80. The molecule has 0 amide bonds. The highest BCUT2D eigenvalue weighted by Crippen LogP contribution is 2.03. The van der Waals surface area contributed by atoms with Crippen LogP contribution in [0, 0.1) is 0 Å². The number of hydrogen-bond acceptors (Lipinski definition) is 5. The first-order valence-corrected chi connectivity index (χ1v) is 6.57. The minimum atomic E-state index is -4.17. The van der Waals surface area contributed by atoms with Crippen molar-refractivity contribution in [3.8, 4) is 0 Å². The van der Waals surface area contributed by atoms with Crippen molar-refractivity contribution in [2.75, 3.05) is 26.4 Å². The van der Waals surface area contributed by atoms with Gasteiger partial charge < -0.3 is 9.80 Å². The third-order valence-corrected chi connectivity index (χ3v) is 2.46. The lowest BCUT2D eigenvalue weighted by atomic mass is 10.6. The fraction of sp³-hybridized carbons (Fsp3) is 0.778. The molecule has 1 aliphatic rings. The molecule has 1 N–H and O–H groups in total. The second-order valence-corrected chi connectivity index (χ2v) is 4.17. The summed E-state index contributed by atoms with van der Waals surface area (Å²) in [6.45, 7) is 9.09. The molecule has 16 heavy (non-hydrogen) atoms. The topological polar surface area (TPSA) is 70.1 Å². The summed E-state index contributed by atoms with van der Waals surface area (Å²) < 4.78 is 30.7. The van der Waals surface area contributed by atoms with Crippen molar-refractivity contribution in [2.24, 2.45) is 0 Å². The first kappa shape index (κ1) is 15.2. The third kappa shape index (κ3) is 7.49. The lowest BCUT2D eigenvalue weighted by molar-refractivity contribution is 0.282. The van der Waals surface area contributed by atoms with Crippen LogP contribution in [0.15, 0.2) is 12.4 Å². The first-order chi connectivity index (χ1) is 7.42. The monoisotopic (exact) mass is 252 g/mol. The molecule has 0 aromatic rings. The van der Waals surface area contributed by atoms with Gasteiger partial charge in [-0.1, -0.05) is 0 Å². The second kappa shape index (κ2) is 7.48. The lowest BCUT2D eigenvalue weighted by Crippen LogP contribution is -2.24. The Morgan fingerprint density at radius 1 is 1.19 bits per heavy atom. The van der Waals surface area contributed by atoms with Gasteiger partial charge in [-0.15, -0.1) is 0 Å². The fourth-order valence-corrected chi connectivity index (χ4v) is 1.37. The van der Waals surface area contributed by atoms with Crippen LogP contribution in [0.4, 0.5) is 0 Å². The normalized spacial score (nSPS) is 15.0. The molecule has 0 fully saturated rings. The van der Waals surface area contributed by atoms with E-state index in [1.807, 2.05) is 0 Å². The van der Waals surface area contributed by atoms with Crippen molar-refractivity contribution >= 4 is 10.4 Å². The summed E-state index contributed by atoms with van der Waals surface area (Å²) in [5, 5.41) is 0. The molecule has 6 nitrogen and oxygen atoms in total. The van der Waals surface area contributed by atoms with Gasteiger partial charge in [-0.05, 0) is 20.8 Å². The molecule has 0 atom stereocenters. The molecule has 0 saturated carbocycles. The summed E-state index contributed by atoms with van der Waals surface area (Å²) in [6, 6.07) is 0. The van der Waals surface area contributed by atoms with E-state index in [4.69, 9.17) is 4.55 Å². The largest absolute Gasteiger partial charge is 0.397 e. The summed E-state index contributed by atoms with van der Waals surface area (Å²) in [6.07, 6.45) is 4.28. The first-order valence-electron chi connectivity index (χ1n) is 5.21. The van der Waals surface area contributed by atoms with E-state index in [0.717, 1.165) is 19.8 Å². The van der Waals surface area contributed by atoms with E-state index in [1.54, 1.807) is 0 Å². The van der Waals surface area contributed by atoms with Crippen LogP contribution in [0.5, 0.6) is 0 Å². The van der Waals surface area contributed by atoms with Crippen LogP contribution in [0.2, 0.25) is 0 Å². The van der Waals surface area contributed by atoms with Crippen molar-refractivity contribution in [3.63, 3.8) is 0 Å². The Kier molecular flexibility index (Phi) is 7.11. The summed E-state index contributed by atoms with van der Waals surface area (Å²) in [5.74, 6) is 0. The molecule has 0 unspecified atom stereocenters. The zero-order valence-electron chi connectivity index (χ0n) is 9.96. The lowest BCUT2D eigenvalue weighted by Gasteiger charge is -2.17. The Morgan fingerprint density at radius 3 is 1.75 bits per heavy atom. The number of hydrogen-bond donors (Lipinski definition) is 1. The highest BCUT2D eigenvalue weighted by atomic mass is 32.3. The van der Waals surface area contributed by atoms with E-state index in [0.29, 0.717) is 0 Å². The predicted octanol–water partition coefficient (Wildman–Crippen LogP) is 0.898. The van der Waals surface area contributed by atoms with Crippen LogP contribution < -0.4 is 0 Å². The van der Waals surface area contributed by atoms with Crippen LogP contribution in [-0.4, -0.2) is 49.1 Å². The Labute approximate surface area is 97.4 Å². The molecule has 0 spiro atoms. The van der Waals surface area contributed by atoms with Crippen molar-refractivity contribution in [1.82, 2.24) is 9.80 Å². The maximum atomic E-state index is 9.56. The van der Waals surface area contributed by atoms with Crippen LogP contribution in [0.3, 0.4) is 0 Å². The molecule has 1 heterocycles. The molecule has 0 aromatic carbocycles. The quantitative estimate of drug-likeness (QED) is 0.750. The summed E-state index contributed by atoms with van der Waals surface area (Å²) in [4.78, 5) is 4.56. The average molecular weight is 252 g/mol. The fourth-order valence-electron chi connectivity index (χ4n) is 1.08. The predicted molar refractivity (Wildman–Crippen MR) is 61.9 cm³/mol. The molecule has 96 valence electrons. The van der Waals surface area contributed by atoms with Gasteiger partial charge in [0.15, 0.2) is 0 Å².